The van der Waals surface area contributed by atoms with Crippen molar-refractivity contribution in [2.75, 3.05) is 13.7 Å². The fourth-order valence-corrected chi connectivity index (χ4v) is 2.62. The van der Waals surface area contributed by atoms with E-state index in [0.29, 0.717) is 5.92 Å². The normalized spacial score (nSPS) is 22.6. The molecule has 2 unspecified atom stereocenters. The van der Waals surface area contributed by atoms with Gasteiger partial charge in [0, 0.05) is 6.54 Å². The Morgan fingerprint density at radius 1 is 1.16 bits per heavy atom. The lowest BCUT2D eigenvalue weighted by molar-refractivity contribution is 0.0676. The zero-order valence-corrected chi connectivity index (χ0v) is 12.1. The summed E-state index contributed by atoms with van der Waals surface area (Å²) in [6.07, 6.45) is 6.95. The number of hydrogen-bond acceptors (Lipinski definition) is 2. The standard InChI is InChI=1S/C17H25NO/c1-14-7-3-4-9-16(14)12-19-13-17-10-6-5-8-15(17)11-18-2/h3-6,8,10,14,16,18H,7,9,11-13H2,1-2H3. The van der Waals surface area contributed by atoms with Crippen molar-refractivity contribution in [1.29, 1.82) is 0 Å². The predicted octanol–water partition coefficient (Wildman–Crippen LogP) is 3.52. The Kier molecular flexibility index (Phi) is 5.62. The topological polar surface area (TPSA) is 21.3 Å². The minimum atomic E-state index is 0.682. The van der Waals surface area contributed by atoms with Crippen LogP contribution < -0.4 is 5.32 Å². The second kappa shape index (κ2) is 7.46. The molecule has 0 spiro atoms. The second-order valence-corrected chi connectivity index (χ2v) is 5.49. The number of hydrogen-bond donors (Lipinski definition) is 1. The largest absolute Gasteiger partial charge is 0.376 e. The van der Waals surface area contributed by atoms with E-state index < -0.39 is 0 Å². The summed E-state index contributed by atoms with van der Waals surface area (Å²) >= 11 is 0. The number of benzene rings is 1. The summed E-state index contributed by atoms with van der Waals surface area (Å²) in [6.45, 7) is 4.83. The third-order valence-electron chi connectivity index (χ3n) is 3.99. The monoisotopic (exact) mass is 259 g/mol. The van der Waals surface area contributed by atoms with Crippen LogP contribution in [-0.4, -0.2) is 13.7 Å². The van der Waals surface area contributed by atoms with Gasteiger partial charge in [-0.2, -0.15) is 0 Å². The number of nitrogens with one attached hydrogen (secondary N) is 1. The molecule has 2 atom stereocenters. The summed E-state index contributed by atoms with van der Waals surface area (Å²) in [5.74, 6) is 1.43. The molecule has 2 rings (SSSR count). The minimum absolute atomic E-state index is 0.682. The number of allylic oxidation sites excluding steroid dienone is 2. The molecule has 0 aromatic heterocycles. The fourth-order valence-electron chi connectivity index (χ4n) is 2.62. The Morgan fingerprint density at radius 2 is 1.89 bits per heavy atom. The Morgan fingerprint density at radius 3 is 2.63 bits per heavy atom. The summed E-state index contributed by atoms with van der Waals surface area (Å²) in [5.41, 5.74) is 2.64. The molecule has 0 aliphatic heterocycles. The van der Waals surface area contributed by atoms with Gasteiger partial charge in [0.05, 0.1) is 13.2 Å². The molecule has 0 amide bonds. The van der Waals surface area contributed by atoms with Crippen LogP contribution in [-0.2, 0) is 17.9 Å². The molecule has 1 aromatic carbocycles. The molecular weight excluding hydrogens is 234 g/mol. The van der Waals surface area contributed by atoms with Crippen LogP contribution >= 0.6 is 0 Å². The Bertz CT molecular complexity index is 413. The maximum absolute atomic E-state index is 5.95. The van der Waals surface area contributed by atoms with E-state index in [1.807, 2.05) is 7.05 Å². The van der Waals surface area contributed by atoms with Crippen molar-refractivity contribution in [3.05, 3.63) is 47.5 Å². The molecule has 1 N–H and O–H groups in total. The molecular formula is C17H25NO. The van der Waals surface area contributed by atoms with Gasteiger partial charge in [-0.25, -0.2) is 0 Å². The average molecular weight is 259 g/mol. The molecule has 0 saturated carbocycles. The molecule has 1 aromatic rings. The van der Waals surface area contributed by atoms with Crippen LogP contribution in [0.4, 0.5) is 0 Å². The van der Waals surface area contributed by atoms with E-state index in [1.165, 1.54) is 24.0 Å². The Hall–Kier alpha value is -1.12. The van der Waals surface area contributed by atoms with Gasteiger partial charge < -0.3 is 10.1 Å². The highest BCUT2D eigenvalue weighted by Gasteiger charge is 2.18. The minimum Gasteiger partial charge on any atom is -0.376 e. The van der Waals surface area contributed by atoms with Gasteiger partial charge in [0.15, 0.2) is 0 Å². The summed E-state index contributed by atoms with van der Waals surface area (Å²) in [7, 11) is 1.98. The van der Waals surface area contributed by atoms with Crippen LogP contribution in [0.15, 0.2) is 36.4 Å². The summed E-state index contributed by atoms with van der Waals surface area (Å²) in [4.78, 5) is 0. The van der Waals surface area contributed by atoms with E-state index in [1.54, 1.807) is 0 Å². The first-order valence-corrected chi connectivity index (χ1v) is 7.25. The maximum Gasteiger partial charge on any atom is 0.0720 e. The molecule has 104 valence electrons. The molecule has 2 heteroatoms. The lowest BCUT2D eigenvalue weighted by Crippen LogP contribution is -2.19. The lowest BCUT2D eigenvalue weighted by atomic mass is 9.85. The van der Waals surface area contributed by atoms with Crippen molar-refractivity contribution in [2.45, 2.75) is 32.9 Å². The SMILES string of the molecule is CNCc1ccccc1COCC1CC=CCC1C. The van der Waals surface area contributed by atoms with Crippen LogP contribution in [0.2, 0.25) is 0 Å². The number of ether oxygens (including phenoxy) is 1. The van der Waals surface area contributed by atoms with Crippen LogP contribution in [0.3, 0.4) is 0 Å². The van der Waals surface area contributed by atoms with E-state index in [4.69, 9.17) is 4.74 Å². The average Bonchev–Trinajstić information content (AvgIpc) is 2.43. The van der Waals surface area contributed by atoms with E-state index in [2.05, 4.69) is 48.7 Å². The van der Waals surface area contributed by atoms with Crippen LogP contribution in [0, 0.1) is 11.8 Å². The van der Waals surface area contributed by atoms with Crippen molar-refractivity contribution >= 4 is 0 Å². The number of rotatable bonds is 6. The van der Waals surface area contributed by atoms with Crippen LogP contribution in [0.25, 0.3) is 0 Å². The zero-order valence-electron chi connectivity index (χ0n) is 12.1. The highest BCUT2D eigenvalue weighted by atomic mass is 16.5. The van der Waals surface area contributed by atoms with Gasteiger partial charge in [0.2, 0.25) is 0 Å². The smallest absolute Gasteiger partial charge is 0.0720 e. The lowest BCUT2D eigenvalue weighted by Gasteiger charge is -2.25. The fraction of sp³-hybridized carbons (Fsp3) is 0.529. The summed E-state index contributed by atoms with van der Waals surface area (Å²) in [6, 6.07) is 8.51. The summed E-state index contributed by atoms with van der Waals surface area (Å²) in [5, 5.41) is 3.21. The first-order chi connectivity index (χ1) is 9.31. The third-order valence-corrected chi connectivity index (χ3v) is 3.99. The van der Waals surface area contributed by atoms with Gasteiger partial charge in [-0.05, 0) is 42.9 Å². The third kappa shape index (κ3) is 4.19. The molecule has 0 saturated heterocycles. The van der Waals surface area contributed by atoms with Gasteiger partial charge >= 0.3 is 0 Å². The molecule has 0 fully saturated rings. The van der Waals surface area contributed by atoms with E-state index in [9.17, 15) is 0 Å². The predicted molar refractivity (Wildman–Crippen MR) is 79.9 cm³/mol. The second-order valence-electron chi connectivity index (χ2n) is 5.49. The first kappa shape index (κ1) is 14.3. The zero-order chi connectivity index (χ0) is 13.5. The molecule has 19 heavy (non-hydrogen) atoms. The molecule has 0 bridgehead atoms. The van der Waals surface area contributed by atoms with E-state index >= 15 is 0 Å². The molecule has 1 aliphatic carbocycles. The van der Waals surface area contributed by atoms with Crippen molar-refractivity contribution in [2.24, 2.45) is 11.8 Å². The molecule has 2 nitrogen and oxygen atoms in total. The molecule has 1 aliphatic rings. The molecule has 0 radical (unpaired) electrons. The Balaban J connectivity index is 1.83. The van der Waals surface area contributed by atoms with E-state index in [-0.39, 0.29) is 0 Å². The highest BCUT2D eigenvalue weighted by molar-refractivity contribution is 5.26. The van der Waals surface area contributed by atoms with Gasteiger partial charge in [0.25, 0.3) is 0 Å². The van der Waals surface area contributed by atoms with Gasteiger partial charge in [-0.3, -0.25) is 0 Å². The van der Waals surface area contributed by atoms with Crippen molar-refractivity contribution in [3.63, 3.8) is 0 Å². The van der Waals surface area contributed by atoms with Gasteiger partial charge in [0.1, 0.15) is 0 Å². The quantitative estimate of drug-likeness (QED) is 0.789. The van der Waals surface area contributed by atoms with E-state index in [0.717, 1.165) is 25.7 Å². The Labute approximate surface area is 116 Å². The van der Waals surface area contributed by atoms with Crippen molar-refractivity contribution < 1.29 is 4.74 Å². The molecule has 0 heterocycles. The van der Waals surface area contributed by atoms with Crippen molar-refractivity contribution in [3.8, 4) is 0 Å². The first-order valence-electron chi connectivity index (χ1n) is 7.25. The van der Waals surface area contributed by atoms with Crippen LogP contribution in [0.1, 0.15) is 30.9 Å². The highest BCUT2D eigenvalue weighted by Crippen LogP contribution is 2.25. The summed E-state index contributed by atoms with van der Waals surface area (Å²) < 4.78 is 5.95. The van der Waals surface area contributed by atoms with Crippen molar-refractivity contribution in [1.82, 2.24) is 5.32 Å². The van der Waals surface area contributed by atoms with Gasteiger partial charge in [-0.15, -0.1) is 0 Å². The van der Waals surface area contributed by atoms with Crippen LogP contribution in [0.5, 0.6) is 0 Å². The van der Waals surface area contributed by atoms with Gasteiger partial charge in [-0.1, -0.05) is 43.3 Å². The maximum atomic E-state index is 5.95.